The van der Waals surface area contributed by atoms with Crippen molar-refractivity contribution in [3.63, 3.8) is 0 Å². The summed E-state index contributed by atoms with van der Waals surface area (Å²) in [7, 11) is 0. The summed E-state index contributed by atoms with van der Waals surface area (Å²) in [6.45, 7) is 3.79. The molecule has 1 aliphatic heterocycles. The number of likely N-dealkylation sites (tertiary alicyclic amines) is 1. The minimum absolute atomic E-state index is 0.208. The van der Waals surface area contributed by atoms with Crippen molar-refractivity contribution in [1.29, 1.82) is 0 Å². The van der Waals surface area contributed by atoms with E-state index in [0.29, 0.717) is 30.3 Å². The van der Waals surface area contributed by atoms with Crippen molar-refractivity contribution in [2.24, 2.45) is 0 Å². The first-order valence-corrected chi connectivity index (χ1v) is 8.17. The normalized spacial score (nSPS) is 15.4. The number of hydrogen-bond acceptors (Lipinski definition) is 3. The van der Waals surface area contributed by atoms with Gasteiger partial charge >= 0.3 is 6.03 Å². The predicted octanol–water partition coefficient (Wildman–Crippen LogP) is 2.38. The van der Waals surface area contributed by atoms with Gasteiger partial charge < -0.3 is 20.3 Å². The van der Waals surface area contributed by atoms with Crippen molar-refractivity contribution >= 4 is 23.5 Å². The van der Waals surface area contributed by atoms with Crippen LogP contribution in [-0.2, 0) is 4.79 Å². The zero-order valence-electron chi connectivity index (χ0n) is 13.2. The maximum atomic E-state index is 11.8. The molecule has 0 bridgehead atoms. The molecular weight excluding hydrogens is 318 g/mol. The van der Waals surface area contributed by atoms with Gasteiger partial charge in [-0.25, -0.2) is 4.79 Å². The zero-order valence-corrected chi connectivity index (χ0v) is 13.9. The third-order valence-corrected chi connectivity index (χ3v) is 3.77. The highest BCUT2D eigenvalue weighted by Gasteiger charge is 2.19. The van der Waals surface area contributed by atoms with Crippen molar-refractivity contribution in [3.8, 4) is 5.75 Å². The van der Waals surface area contributed by atoms with Gasteiger partial charge in [0.05, 0.1) is 0 Å². The van der Waals surface area contributed by atoms with Gasteiger partial charge in [0.1, 0.15) is 5.75 Å². The average molecular weight is 340 g/mol. The molecule has 126 valence electrons. The molecule has 1 saturated heterocycles. The Morgan fingerprint density at radius 1 is 1.39 bits per heavy atom. The van der Waals surface area contributed by atoms with Crippen LogP contribution in [0.4, 0.5) is 4.79 Å². The number of ether oxygens (including phenoxy) is 1. The van der Waals surface area contributed by atoms with Gasteiger partial charge in [0, 0.05) is 31.1 Å². The van der Waals surface area contributed by atoms with E-state index in [2.05, 4.69) is 10.6 Å². The third-order valence-electron chi connectivity index (χ3n) is 3.52. The fourth-order valence-corrected chi connectivity index (χ4v) is 2.52. The topological polar surface area (TPSA) is 70.7 Å². The van der Waals surface area contributed by atoms with Crippen LogP contribution in [0.1, 0.15) is 26.2 Å². The monoisotopic (exact) mass is 339 g/mol. The lowest BCUT2D eigenvalue weighted by Crippen LogP contribution is -2.44. The van der Waals surface area contributed by atoms with Crippen LogP contribution in [0, 0.1) is 0 Å². The zero-order chi connectivity index (χ0) is 16.7. The van der Waals surface area contributed by atoms with Crippen LogP contribution in [0.15, 0.2) is 24.3 Å². The van der Waals surface area contributed by atoms with Gasteiger partial charge in [0.2, 0.25) is 5.91 Å². The van der Waals surface area contributed by atoms with Crippen molar-refractivity contribution in [2.75, 3.05) is 19.6 Å². The van der Waals surface area contributed by atoms with Gasteiger partial charge in [0.15, 0.2) is 6.23 Å². The fraction of sp³-hybridized carbons (Fsp3) is 0.500. The summed E-state index contributed by atoms with van der Waals surface area (Å²) in [5.74, 6) is 0.842. The summed E-state index contributed by atoms with van der Waals surface area (Å²) in [4.78, 5) is 25.0. The lowest BCUT2D eigenvalue weighted by atomic mass is 10.3. The van der Waals surface area contributed by atoms with Gasteiger partial charge in [0.25, 0.3) is 0 Å². The number of carbonyl (C=O) groups is 2. The van der Waals surface area contributed by atoms with E-state index < -0.39 is 6.23 Å². The Bertz CT molecular complexity index is 536. The first kappa shape index (κ1) is 17.4. The van der Waals surface area contributed by atoms with E-state index in [0.717, 1.165) is 19.4 Å². The number of rotatable bonds is 7. The Balaban J connectivity index is 1.60. The van der Waals surface area contributed by atoms with Gasteiger partial charge in [-0.3, -0.25) is 4.79 Å². The van der Waals surface area contributed by atoms with E-state index in [4.69, 9.17) is 16.3 Å². The Morgan fingerprint density at radius 2 is 2.13 bits per heavy atom. The molecule has 1 aliphatic rings. The molecule has 1 fully saturated rings. The molecule has 0 spiro atoms. The molecule has 23 heavy (non-hydrogen) atoms. The van der Waals surface area contributed by atoms with Gasteiger partial charge in [-0.1, -0.05) is 11.6 Å². The largest absolute Gasteiger partial charge is 0.471 e. The maximum absolute atomic E-state index is 11.8. The van der Waals surface area contributed by atoms with Gasteiger partial charge in [-0.15, -0.1) is 0 Å². The third kappa shape index (κ3) is 5.98. The highest BCUT2D eigenvalue weighted by Crippen LogP contribution is 2.16. The second kappa shape index (κ2) is 8.62. The maximum Gasteiger partial charge on any atom is 0.317 e. The quantitative estimate of drug-likeness (QED) is 0.592. The summed E-state index contributed by atoms with van der Waals surface area (Å²) in [5.41, 5.74) is 0. The van der Waals surface area contributed by atoms with E-state index in [1.165, 1.54) is 0 Å². The Hall–Kier alpha value is -1.95. The highest BCUT2D eigenvalue weighted by atomic mass is 35.5. The molecule has 1 aromatic carbocycles. The van der Waals surface area contributed by atoms with Crippen LogP contribution >= 0.6 is 11.6 Å². The summed E-state index contributed by atoms with van der Waals surface area (Å²) in [5, 5.41) is 6.08. The molecule has 1 atom stereocenters. The SMILES string of the molecule is CC(NC(=O)NCCCN1CCCC1=O)Oc1ccc(Cl)cc1. The number of benzene rings is 1. The molecule has 0 aliphatic carbocycles. The van der Waals surface area contributed by atoms with Crippen LogP contribution < -0.4 is 15.4 Å². The van der Waals surface area contributed by atoms with Crippen LogP contribution in [0.25, 0.3) is 0 Å². The molecule has 0 radical (unpaired) electrons. The molecule has 6 nitrogen and oxygen atoms in total. The lowest BCUT2D eigenvalue weighted by Gasteiger charge is -2.18. The van der Waals surface area contributed by atoms with Crippen molar-refractivity contribution in [2.45, 2.75) is 32.4 Å². The number of nitrogens with zero attached hydrogens (tertiary/aromatic N) is 1. The number of hydrogen-bond donors (Lipinski definition) is 2. The average Bonchev–Trinajstić information content (AvgIpc) is 2.91. The van der Waals surface area contributed by atoms with Crippen molar-refractivity contribution in [1.82, 2.24) is 15.5 Å². The Labute approximate surface area is 141 Å². The number of carbonyl (C=O) groups excluding carboxylic acids is 2. The first-order valence-electron chi connectivity index (χ1n) is 7.79. The van der Waals surface area contributed by atoms with Crippen LogP contribution in [0.3, 0.4) is 0 Å². The summed E-state index contributed by atoms with van der Waals surface area (Å²) < 4.78 is 5.56. The lowest BCUT2D eigenvalue weighted by molar-refractivity contribution is -0.127. The molecule has 1 unspecified atom stereocenters. The number of urea groups is 1. The molecule has 3 amide bonds. The molecule has 1 aromatic rings. The van der Waals surface area contributed by atoms with Crippen LogP contribution in [0.2, 0.25) is 5.02 Å². The van der Waals surface area contributed by atoms with E-state index in [-0.39, 0.29) is 11.9 Å². The number of nitrogens with one attached hydrogen (secondary N) is 2. The molecule has 2 N–H and O–H groups in total. The summed E-state index contributed by atoms with van der Waals surface area (Å²) in [6, 6.07) is 6.64. The van der Waals surface area contributed by atoms with Crippen LogP contribution in [0.5, 0.6) is 5.75 Å². The highest BCUT2D eigenvalue weighted by molar-refractivity contribution is 6.30. The van der Waals surface area contributed by atoms with E-state index in [1.54, 1.807) is 31.2 Å². The summed E-state index contributed by atoms with van der Waals surface area (Å²) in [6.07, 6.45) is 1.86. The van der Waals surface area contributed by atoms with Crippen molar-refractivity contribution in [3.05, 3.63) is 29.3 Å². The fourth-order valence-electron chi connectivity index (χ4n) is 2.39. The second-order valence-electron chi connectivity index (χ2n) is 5.45. The molecule has 0 aromatic heterocycles. The summed E-state index contributed by atoms with van der Waals surface area (Å²) >= 11 is 5.80. The predicted molar refractivity (Wildman–Crippen MR) is 88.5 cm³/mol. The van der Waals surface area contributed by atoms with Crippen molar-refractivity contribution < 1.29 is 14.3 Å². The molecule has 2 rings (SSSR count). The molecule has 0 saturated carbocycles. The number of amides is 3. The molecule has 1 heterocycles. The number of halogens is 1. The Morgan fingerprint density at radius 3 is 2.78 bits per heavy atom. The standard InChI is InChI=1S/C16H22ClN3O3/c1-12(23-14-7-5-13(17)6-8-14)19-16(22)18-9-3-11-20-10-2-4-15(20)21/h5-8,12H,2-4,9-11H2,1H3,(H2,18,19,22). The van der Waals surface area contributed by atoms with E-state index >= 15 is 0 Å². The van der Waals surface area contributed by atoms with Gasteiger partial charge in [-0.2, -0.15) is 0 Å². The second-order valence-corrected chi connectivity index (χ2v) is 5.89. The minimum Gasteiger partial charge on any atom is -0.471 e. The van der Waals surface area contributed by atoms with E-state index in [9.17, 15) is 9.59 Å². The Kier molecular flexibility index (Phi) is 6.52. The van der Waals surface area contributed by atoms with Crippen LogP contribution in [-0.4, -0.2) is 42.7 Å². The van der Waals surface area contributed by atoms with E-state index in [1.807, 2.05) is 4.90 Å². The smallest absolute Gasteiger partial charge is 0.317 e. The minimum atomic E-state index is -0.462. The molecule has 7 heteroatoms. The molecular formula is C16H22ClN3O3. The van der Waals surface area contributed by atoms with Gasteiger partial charge in [-0.05, 0) is 44.0 Å². The first-order chi connectivity index (χ1) is 11.0.